The van der Waals surface area contributed by atoms with Gasteiger partial charge in [0.25, 0.3) is 0 Å². The van der Waals surface area contributed by atoms with Crippen molar-refractivity contribution in [2.45, 2.75) is 11.3 Å². The lowest BCUT2D eigenvalue weighted by molar-refractivity contribution is 0.511. The summed E-state index contributed by atoms with van der Waals surface area (Å²) in [6.07, 6.45) is 4.31. The molecule has 0 amide bonds. The van der Waals surface area contributed by atoms with Gasteiger partial charge in [0.05, 0.1) is 6.26 Å². The Kier molecular flexibility index (Phi) is 7.91. The first kappa shape index (κ1) is 17.2. The van der Waals surface area contributed by atoms with Gasteiger partial charge in [-0.3, -0.25) is 4.99 Å². The fraction of sp³-hybridized carbons (Fsp3) is 0.278. The molecule has 1 aromatic carbocycles. The van der Waals surface area contributed by atoms with E-state index >= 15 is 0 Å². The number of rotatable bonds is 9. The summed E-state index contributed by atoms with van der Waals surface area (Å²) in [5.74, 6) is 2.75. The van der Waals surface area contributed by atoms with Crippen molar-refractivity contribution in [3.8, 4) is 0 Å². The minimum absolute atomic E-state index is 0.686. The van der Waals surface area contributed by atoms with E-state index in [1.54, 1.807) is 6.26 Å². The monoisotopic (exact) mass is 329 g/mol. The third-order valence-electron chi connectivity index (χ3n) is 3.03. The molecule has 23 heavy (non-hydrogen) atoms. The van der Waals surface area contributed by atoms with Gasteiger partial charge in [0.15, 0.2) is 5.96 Å². The van der Waals surface area contributed by atoms with Gasteiger partial charge in [-0.2, -0.15) is 0 Å². The highest BCUT2D eigenvalue weighted by Gasteiger charge is 1.99. The molecule has 0 spiro atoms. The van der Waals surface area contributed by atoms with E-state index in [2.05, 4.69) is 46.5 Å². The summed E-state index contributed by atoms with van der Waals surface area (Å²) in [6, 6.07) is 14.3. The van der Waals surface area contributed by atoms with E-state index in [0.717, 1.165) is 30.4 Å². The second kappa shape index (κ2) is 10.6. The number of nitrogens with one attached hydrogen (secondary N) is 2. The van der Waals surface area contributed by atoms with Crippen LogP contribution in [0.5, 0.6) is 0 Å². The highest BCUT2D eigenvalue weighted by molar-refractivity contribution is 7.99. The Morgan fingerprint density at radius 1 is 1.17 bits per heavy atom. The van der Waals surface area contributed by atoms with Crippen LogP contribution in [0, 0.1) is 0 Å². The van der Waals surface area contributed by atoms with Crippen LogP contribution in [-0.4, -0.2) is 31.3 Å². The van der Waals surface area contributed by atoms with Crippen molar-refractivity contribution in [3.63, 3.8) is 0 Å². The molecule has 2 aromatic rings. The first-order valence-electron chi connectivity index (χ1n) is 7.72. The van der Waals surface area contributed by atoms with Gasteiger partial charge in [-0.15, -0.1) is 18.3 Å². The van der Waals surface area contributed by atoms with Crippen molar-refractivity contribution in [1.82, 2.24) is 10.6 Å². The minimum atomic E-state index is 0.686. The molecule has 0 bridgehead atoms. The molecule has 0 atom stereocenters. The molecule has 1 heterocycles. The lowest BCUT2D eigenvalue weighted by Gasteiger charge is -2.11. The van der Waals surface area contributed by atoms with E-state index < -0.39 is 0 Å². The summed E-state index contributed by atoms with van der Waals surface area (Å²) >= 11 is 1.83. The molecule has 0 unspecified atom stereocenters. The van der Waals surface area contributed by atoms with Crippen LogP contribution < -0.4 is 10.6 Å². The van der Waals surface area contributed by atoms with E-state index in [0.29, 0.717) is 13.1 Å². The lowest BCUT2D eigenvalue weighted by atomic mass is 10.3. The van der Waals surface area contributed by atoms with E-state index in [4.69, 9.17) is 4.42 Å². The SMILES string of the molecule is C=CCNC(=NCCc1ccco1)NCCSc1ccccc1. The molecule has 4 nitrogen and oxygen atoms in total. The van der Waals surface area contributed by atoms with Crippen LogP contribution in [0.4, 0.5) is 0 Å². The van der Waals surface area contributed by atoms with E-state index in [-0.39, 0.29) is 0 Å². The molecule has 0 fully saturated rings. The minimum Gasteiger partial charge on any atom is -0.469 e. The predicted molar refractivity (Wildman–Crippen MR) is 98.1 cm³/mol. The fourth-order valence-electron chi connectivity index (χ4n) is 1.93. The molecular weight excluding hydrogens is 306 g/mol. The zero-order valence-corrected chi connectivity index (χ0v) is 14.0. The smallest absolute Gasteiger partial charge is 0.191 e. The molecule has 0 aliphatic heterocycles. The van der Waals surface area contributed by atoms with Gasteiger partial charge in [0.1, 0.15) is 5.76 Å². The first-order valence-corrected chi connectivity index (χ1v) is 8.70. The largest absolute Gasteiger partial charge is 0.469 e. The van der Waals surface area contributed by atoms with Gasteiger partial charge < -0.3 is 15.1 Å². The highest BCUT2D eigenvalue weighted by atomic mass is 32.2. The highest BCUT2D eigenvalue weighted by Crippen LogP contribution is 2.15. The number of nitrogens with zero attached hydrogens (tertiary/aromatic N) is 1. The molecular formula is C18H23N3OS. The van der Waals surface area contributed by atoms with Crippen molar-refractivity contribution in [1.29, 1.82) is 0 Å². The maximum absolute atomic E-state index is 5.31. The zero-order valence-electron chi connectivity index (χ0n) is 13.2. The van der Waals surface area contributed by atoms with Crippen molar-refractivity contribution in [2.75, 3.05) is 25.4 Å². The quantitative estimate of drug-likeness (QED) is 0.244. The third kappa shape index (κ3) is 7.10. The van der Waals surface area contributed by atoms with Crippen LogP contribution in [0.3, 0.4) is 0 Å². The van der Waals surface area contributed by atoms with E-state index in [1.807, 2.05) is 36.0 Å². The Labute approximate surface area is 142 Å². The van der Waals surface area contributed by atoms with Crippen LogP contribution >= 0.6 is 11.8 Å². The van der Waals surface area contributed by atoms with Crippen LogP contribution in [-0.2, 0) is 6.42 Å². The summed E-state index contributed by atoms with van der Waals surface area (Å²) in [6.45, 7) is 5.95. The second-order valence-corrected chi connectivity index (χ2v) is 5.99. The predicted octanol–water partition coefficient (Wildman–Crippen LogP) is 3.34. The number of benzene rings is 1. The molecule has 0 saturated heterocycles. The van der Waals surface area contributed by atoms with Crippen LogP contribution in [0.15, 0.2) is 75.7 Å². The van der Waals surface area contributed by atoms with Gasteiger partial charge in [0, 0.05) is 36.7 Å². The molecule has 0 aliphatic carbocycles. The van der Waals surface area contributed by atoms with E-state index in [9.17, 15) is 0 Å². The summed E-state index contributed by atoms with van der Waals surface area (Å²) in [5, 5.41) is 6.57. The van der Waals surface area contributed by atoms with Crippen LogP contribution in [0.2, 0.25) is 0 Å². The van der Waals surface area contributed by atoms with Gasteiger partial charge in [-0.25, -0.2) is 0 Å². The van der Waals surface area contributed by atoms with Crippen molar-refractivity contribution >= 4 is 17.7 Å². The molecule has 0 saturated carbocycles. The fourth-order valence-corrected chi connectivity index (χ4v) is 2.72. The topological polar surface area (TPSA) is 49.6 Å². The molecule has 1 aromatic heterocycles. The van der Waals surface area contributed by atoms with E-state index in [1.165, 1.54) is 4.90 Å². The van der Waals surface area contributed by atoms with Gasteiger partial charge >= 0.3 is 0 Å². The number of thioether (sulfide) groups is 1. The van der Waals surface area contributed by atoms with Gasteiger partial charge in [-0.1, -0.05) is 24.3 Å². The number of guanidine groups is 1. The average Bonchev–Trinajstić information content (AvgIpc) is 3.10. The summed E-state index contributed by atoms with van der Waals surface area (Å²) < 4.78 is 5.31. The standard InChI is InChI=1S/C18H23N3OS/c1-2-11-19-18(20-12-10-16-7-6-14-22-16)21-13-15-23-17-8-4-3-5-9-17/h2-9,14H,1,10-13,15H2,(H2,19,20,21). The molecule has 5 heteroatoms. The Balaban J connectivity index is 1.72. The molecule has 122 valence electrons. The molecule has 0 aliphatic rings. The molecule has 2 N–H and O–H groups in total. The third-order valence-corrected chi connectivity index (χ3v) is 4.04. The molecule has 0 radical (unpaired) electrons. The Hall–Kier alpha value is -2.14. The maximum Gasteiger partial charge on any atom is 0.191 e. The van der Waals surface area contributed by atoms with Gasteiger partial charge in [0.2, 0.25) is 0 Å². The summed E-state index contributed by atoms with van der Waals surface area (Å²) in [4.78, 5) is 5.84. The normalized spacial score (nSPS) is 11.2. The number of aliphatic imine (C=N–C) groups is 1. The van der Waals surface area contributed by atoms with Gasteiger partial charge in [-0.05, 0) is 24.3 Å². The maximum atomic E-state index is 5.31. The second-order valence-electron chi connectivity index (χ2n) is 4.82. The number of furan rings is 1. The first-order chi connectivity index (χ1) is 11.4. The van der Waals surface area contributed by atoms with Crippen molar-refractivity contribution in [2.24, 2.45) is 4.99 Å². The van der Waals surface area contributed by atoms with Crippen LogP contribution in [0.1, 0.15) is 5.76 Å². The number of hydrogen-bond donors (Lipinski definition) is 2. The summed E-state index contributed by atoms with van der Waals surface area (Å²) in [5.41, 5.74) is 0. The number of hydrogen-bond acceptors (Lipinski definition) is 3. The average molecular weight is 329 g/mol. The van der Waals surface area contributed by atoms with Crippen LogP contribution in [0.25, 0.3) is 0 Å². The van der Waals surface area contributed by atoms with Crippen molar-refractivity contribution in [3.05, 3.63) is 67.1 Å². The summed E-state index contributed by atoms with van der Waals surface area (Å²) in [7, 11) is 0. The van der Waals surface area contributed by atoms with Crippen molar-refractivity contribution < 1.29 is 4.42 Å². The Bertz CT molecular complexity index is 582. The Morgan fingerprint density at radius 3 is 2.78 bits per heavy atom. The molecule has 2 rings (SSSR count). The lowest BCUT2D eigenvalue weighted by Crippen LogP contribution is -2.38. The Morgan fingerprint density at radius 2 is 2.04 bits per heavy atom. The zero-order chi connectivity index (χ0) is 16.2.